The Hall–Kier alpha value is -1.18. The van der Waals surface area contributed by atoms with Crippen LogP contribution in [-0.2, 0) is 10.0 Å². The third-order valence-corrected chi connectivity index (χ3v) is 4.44. The number of aromatic nitrogens is 1. The molecule has 0 fully saturated rings. The maximum atomic E-state index is 12.1. The third-order valence-electron chi connectivity index (χ3n) is 2.99. The minimum absolute atomic E-state index is 0.0672. The van der Waals surface area contributed by atoms with E-state index in [4.69, 9.17) is 0 Å². The van der Waals surface area contributed by atoms with Crippen LogP contribution < -0.4 is 10.2 Å². The molecule has 0 bridgehead atoms. The van der Waals surface area contributed by atoms with Gasteiger partial charge in [0.25, 0.3) is 0 Å². The molecule has 0 saturated carbocycles. The van der Waals surface area contributed by atoms with Crippen molar-refractivity contribution in [2.24, 2.45) is 5.92 Å². The Bertz CT molecular complexity index is 556. The standard InChI is InChI=1S/C12H21N3O3S/c1-9(2)10(15(3)4)7-14-19(17,18)12-8-13-6-5-11(12)16/h5-6,8-10,14H,7H2,1-4H3,(H,13,16). The van der Waals surface area contributed by atoms with E-state index < -0.39 is 15.5 Å². The maximum absolute atomic E-state index is 12.1. The number of likely N-dealkylation sites (N-methyl/N-ethyl adjacent to an activating group) is 1. The Kier molecular flexibility index (Phi) is 5.28. The highest BCUT2D eigenvalue weighted by Gasteiger charge is 2.22. The van der Waals surface area contributed by atoms with Gasteiger partial charge in [0.15, 0.2) is 0 Å². The van der Waals surface area contributed by atoms with Crippen LogP contribution >= 0.6 is 0 Å². The largest absolute Gasteiger partial charge is 0.366 e. The monoisotopic (exact) mass is 287 g/mol. The summed E-state index contributed by atoms with van der Waals surface area (Å²) >= 11 is 0. The summed E-state index contributed by atoms with van der Waals surface area (Å²) < 4.78 is 26.6. The van der Waals surface area contributed by atoms with Crippen molar-refractivity contribution in [3.05, 3.63) is 28.7 Å². The molecule has 0 amide bonds. The number of aromatic amines is 1. The van der Waals surface area contributed by atoms with Crippen molar-refractivity contribution in [1.82, 2.24) is 14.6 Å². The molecule has 0 saturated heterocycles. The summed E-state index contributed by atoms with van der Waals surface area (Å²) in [6.07, 6.45) is 2.60. The zero-order valence-corrected chi connectivity index (χ0v) is 12.5. The van der Waals surface area contributed by atoms with Gasteiger partial charge in [0.05, 0.1) is 0 Å². The van der Waals surface area contributed by atoms with Gasteiger partial charge in [-0.15, -0.1) is 0 Å². The van der Waals surface area contributed by atoms with Crippen LogP contribution in [0.25, 0.3) is 0 Å². The summed E-state index contributed by atoms with van der Waals surface area (Å²) in [6, 6.07) is 1.26. The lowest BCUT2D eigenvalue weighted by atomic mass is 10.0. The first-order valence-electron chi connectivity index (χ1n) is 6.09. The fourth-order valence-electron chi connectivity index (χ4n) is 1.90. The molecule has 2 N–H and O–H groups in total. The predicted molar refractivity (Wildman–Crippen MR) is 74.6 cm³/mol. The van der Waals surface area contributed by atoms with Gasteiger partial charge in [-0.05, 0) is 20.0 Å². The number of rotatable bonds is 6. The zero-order chi connectivity index (χ0) is 14.6. The molecule has 0 spiro atoms. The van der Waals surface area contributed by atoms with Gasteiger partial charge >= 0.3 is 0 Å². The van der Waals surface area contributed by atoms with E-state index in [2.05, 4.69) is 9.71 Å². The van der Waals surface area contributed by atoms with Crippen molar-refractivity contribution in [2.75, 3.05) is 20.6 Å². The van der Waals surface area contributed by atoms with Gasteiger partial charge in [-0.1, -0.05) is 13.8 Å². The summed E-state index contributed by atoms with van der Waals surface area (Å²) in [5, 5.41) is 0. The average Bonchev–Trinajstić information content (AvgIpc) is 2.28. The van der Waals surface area contributed by atoms with Gasteiger partial charge in [0, 0.05) is 31.0 Å². The van der Waals surface area contributed by atoms with Crippen LogP contribution in [0.3, 0.4) is 0 Å². The molecule has 7 heteroatoms. The van der Waals surface area contributed by atoms with Crippen LogP contribution in [0.5, 0.6) is 0 Å². The van der Waals surface area contributed by atoms with Gasteiger partial charge in [-0.3, -0.25) is 4.79 Å². The van der Waals surface area contributed by atoms with Gasteiger partial charge in [0.1, 0.15) is 4.90 Å². The minimum atomic E-state index is -3.77. The molecule has 0 aliphatic carbocycles. The summed E-state index contributed by atoms with van der Waals surface area (Å²) in [5.74, 6) is 0.298. The Morgan fingerprint density at radius 3 is 2.47 bits per heavy atom. The zero-order valence-electron chi connectivity index (χ0n) is 11.7. The van der Waals surface area contributed by atoms with E-state index in [9.17, 15) is 13.2 Å². The Morgan fingerprint density at radius 1 is 1.37 bits per heavy atom. The summed E-state index contributed by atoms with van der Waals surface area (Å²) in [6.45, 7) is 4.31. The molecule has 1 unspecified atom stereocenters. The van der Waals surface area contributed by atoms with E-state index in [-0.39, 0.29) is 17.5 Å². The van der Waals surface area contributed by atoms with E-state index in [0.717, 1.165) is 0 Å². The van der Waals surface area contributed by atoms with E-state index in [1.807, 2.05) is 32.8 Å². The maximum Gasteiger partial charge on any atom is 0.245 e. The average molecular weight is 287 g/mol. The fraction of sp³-hybridized carbons (Fsp3) is 0.583. The molecule has 108 valence electrons. The molecular weight excluding hydrogens is 266 g/mol. The van der Waals surface area contributed by atoms with Crippen molar-refractivity contribution < 1.29 is 8.42 Å². The van der Waals surface area contributed by atoms with Crippen LogP contribution in [0.15, 0.2) is 28.2 Å². The molecule has 6 nitrogen and oxygen atoms in total. The van der Waals surface area contributed by atoms with E-state index in [1.165, 1.54) is 18.5 Å². The first kappa shape index (κ1) is 15.9. The quantitative estimate of drug-likeness (QED) is 0.785. The molecule has 0 aliphatic rings. The SMILES string of the molecule is CC(C)C(CNS(=O)(=O)c1c[nH]ccc1=O)N(C)C. The summed E-state index contributed by atoms with van der Waals surface area (Å²) in [7, 11) is 0.0208. The lowest BCUT2D eigenvalue weighted by Gasteiger charge is -2.27. The highest BCUT2D eigenvalue weighted by atomic mass is 32.2. The van der Waals surface area contributed by atoms with Crippen molar-refractivity contribution in [3.63, 3.8) is 0 Å². The minimum Gasteiger partial charge on any atom is -0.366 e. The number of nitrogens with zero attached hydrogens (tertiary/aromatic N) is 1. The topological polar surface area (TPSA) is 82.3 Å². The van der Waals surface area contributed by atoms with Gasteiger partial charge in [-0.2, -0.15) is 0 Å². The molecule has 1 atom stereocenters. The summed E-state index contributed by atoms with van der Waals surface area (Å²) in [5.41, 5.74) is -0.516. The second-order valence-electron chi connectivity index (χ2n) is 5.00. The molecular formula is C12H21N3O3S. The van der Waals surface area contributed by atoms with Crippen LogP contribution in [0.4, 0.5) is 0 Å². The number of pyridine rings is 1. The summed E-state index contributed by atoms with van der Waals surface area (Å²) in [4.78, 5) is 15.8. The number of hydrogen-bond acceptors (Lipinski definition) is 4. The van der Waals surface area contributed by atoms with E-state index in [1.54, 1.807) is 0 Å². The molecule has 1 aromatic heterocycles. The van der Waals surface area contributed by atoms with Crippen molar-refractivity contribution in [1.29, 1.82) is 0 Å². The number of nitrogens with one attached hydrogen (secondary N) is 2. The van der Waals surface area contributed by atoms with Gasteiger partial charge < -0.3 is 9.88 Å². The van der Waals surface area contributed by atoms with Crippen LogP contribution in [0.2, 0.25) is 0 Å². The normalized spacial score (nSPS) is 14.0. The molecule has 19 heavy (non-hydrogen) atoms. The predicted octanol–water partition coefficient (Wildman–Crippen LogP) is 0.239. The lowest BCUT2D eigenvalue weighted by Crippen LogP contribution is -2.44. The lowest BCUT2D eigenvalue weighted by molar-refractivity contribution is 0.233. The van der Waals surface area contributed by atoms with E-state index in [0.29, 0.717) is 5.92 Å². The smallest absolute Gasteiger partial charge is 0.245 e. The Balaban J connectivity index is 2.87. The highest BCUT2D eigenvalue weighted by Crippen LogP contribution is 2.08. The Labute approximate surface area is 113 Å². The molecule has 1 aromatic rings. The molecule has 0 radical (unpaired) electrons. The van der Waals surface area contributed by atoms with Crippen molar-refractivity contribution >= 4 is 10.0 Å². The number of hydrogen-bond donors (Lipinski definition) is 2. The number of H-pyrrole nitrogens is 1. The molecule has 0 aromatic carbocycles. The second-order valence-corrected chi connectivity index (χ2v) is 6.74. The van der Waals surface area contributed by atoms with Crippen LogP contribution in [0, 0.1) is 5.92 Å². The number of sulfonamides is 1. The first-order chi connectivity index (χ1) is 8.75. The third kappa shape index (κ3) is 4.15. The molecule has 0 aliphatic heterocycles. The molecule has 1 heterocycles. The highest BCUT2D eigenvalue weighted by molar-refractivity contribution is 7.89. The van der Waals surface area contributed by atoms with Gasteiger partial charge in [0.2, 0.25) is 15.5 Å². The fourth-order valence-corrected chi connectivity index (χ4v) is 3.00. The van der Waals surface area contributed by atoms with Crippen molar-refractivity contribution in [3.8, 4) is 0 Å². The Morgan fingerprint density at radius 2 is 2.00 bits per heavy atom. The van der Waals surface area contributed by atoms with E-state index >= 15 is 0 Å². The van der Waals surface area contributed by atoms with Crippen LogP contribution in [0.1, 0.15) is 13.8 Å². The molecule has 1 rings (SSSR count). The van der Waals surface area contributed by atoms with Gasteiger partial charge in [-0.25, -0.2) is 13.1 Å². The van der Waals surface area contributed by atoms with Crippen LogP contribution in [-0.4, -0.2) is 45.0 Å². The second kappa shape index (κ2) is 6.31. The first-order valence-corrected chi connectivity index (χ1v) is 7.57. The van der Waals surface area contributed by atoms with Crippen molar-refractivity contribution in [2.45, 2.75) is 24.8 Å².